The molecule has 0 aromatic heterocycles. The van der Waals surface area contributed by atoms with Gasteiger partial charge in [0, 0.05) is 33.5 Å². The topological polar surface area (TPSA) is 6.48 Å². The molecule has 0 fully saturated rings. The number of anilines is 6. The van der Waals surface area contributed by atoms with E-state index in [1.165, 1.54) is 126 Å². The lowest BCUT2D eigenvalue weighted by Crippen LogP contribution is -2.61. The summed E-state index contributed by atoms with van der Waals surface area (Å²) in [6, 6.07) is 71.6. The summed E-state index contributed by atoms with van der Waals surface area (Å²) in [5.74, 6) is 0. The predicted octanol–water partition coefficient (Wildman–Crippen LogP) is 15.3. The van der Waals surface area contributed by atoms with Gasteiger partial charge in [-0.3, -0.25) is 0 Å². The largest absolute Gasteiger partial charge is 0.311 e. The molecule has 0 saturated heterocycles. The lowest BCUT2D eigenvalue weighted by molar-refractivity contribution is 0.590. The van der Waals surface area contributed by atoms with Crippen molar-refractivity contribution in [1.29, 1.82) is 0 Å². The van der Waals surface area contributed by atoms with Crippen LogP contribution in [-0.4, -0.2) is 6.71 Å². The van der Waals surface area contributed by atoms with Gasteiger partial charge in [0.1, 0.15) is 0 Å². The highest BCUT2D eigenvalue weighted by Crippen LogP contribution is 2.50. The second-order valence-corrected chi connectivity index (χ2v) is 20.4. The lowest BCUT2D eigenvalue weighted by Gasteiger charge is -2.45. The summed E-state index contributed by atoms with van der Waals surface area (Å²) in [6.07, 6.45) is 0. The van der Waals surface area contributed by atoms with Crippen molar-refractivity contribution in [2.45, 2.75) is 52.4 Å². The number of rotatable bonds is 2. The van der Waals surface area contributed by atoms with E-state index in [0.29, 0.717) is 0 Å². The van der Waals surface area contributed by atoms with E-state index in [0.717, 1.165) is 0 Å². The quantitative estimate of drug-likeness (QED) is 0.126. The van der Waals surface area contributed by atoms with Gasteiger partial charge in [-0.15, -0.1) is 0 Å². The summed E-state index contributed by atoms with van der Waals surface area (Å²) < 4.78 is 0. The van der Waals surface area contributed by atoms with E-state index in [1.807, 2.05) is 0 Å². The van der Waals surface area contributed by atoms with Crippen molar-refractivity contribution in [3.63, 3.8) is 0 Å². The number of nitrogens with zero attached hydrogens (tertiary/aromatic N) is 2. The molecule has 2 aliphatic rings. The number of benzene rings is 11. The van der Waals surface area contributed by atoms with Crippen LogP contribution in [-0.2, 0) is 10.8 Å². The smallest absolute Gasteiger partial charge is 0.252 e. The zero-order valence-corrected chi connectivity index (χ0v) is 37.9. The molecule has 0 aliphatic carbocycles. The van der Waals surface area contributed by atoms with E-state index in [4.69, 9.17) is 0 Å². The van der Waals surface area contributed by atoms with E-state index >= 15 is 0 Å². The first-order chi connectivity index (χ1) is 31.6. The van der Waals surface area contributed by atoms with Crippen LogP contribution in [0.5, 0.6) is 0 Å². The van der Waals surface area contributed by atoms with Crippen molar-refractivity contribution >= 4 is 122 Å². The predicted molar refractivity (Wildman–Crippen MR) is 283 cm³/mol. The van der Waals surface area contributed by atoms with Crippen molar-refractivity contribution < 1.29 is 0 Å². The Morgan fingerprint density at radius 1 is 0.292 bits per heavy atom. The van der Waals surface area contributed by atoms with Gasteiger partial charge in [0.25, 0.3) is 6.71 Å². The lowest BCUT2D eigenvalue weighted by atomic mass is 9.33. The van der Waals surface area contributed by atoms with Crippen molar-refractivity contribution in [3.8, 4) is 0 Å². The molecule has 0 bridgehead atoms. The normalized spacial score (nSPS) is 13.6. The molecule has 11 aromatic rings. The summed E-state index contributed by atoms with van der Waals surface area (Å²) in [6.45, 7) is 14.1. The third kappa shape index (κ3) is 5.42. The Morgan fingerprint density at radius 3 is 0.938 bits per heavy atom. The fourth-order valence-corrected chi connectivity index (χ4v) is 11.6. The molecular weight excluding hydrogens is 784 g/mol. The monoisotopic (exact) mass is 832 g/mol. The van der Waals surface area contributed by atoms with E-state index in [-0.39, 0.29) is 17.5 Å². The highest BCUT2D eigenvalue weighted by atomic mass is 15.2. The molecule has 2 aliphatic heterocycles. The number of hydrogen-bond donors (Lipinski definition) is 0. The molecule has 13 rings (SSSR count). The molecule has 3 heteroatoms. The molecule has 0 spiro atoms. The van der Waals surface area contributed by atoms with Crippen LogP contribution in [0.15, 0.2) is 188 Å². The van der Waals surface area contributed by atoms with Crippen molar-refractivity contribution in [1.82, 2.24) is 0 Å². The third-order valence-electron chi connectivity index (χ3n) is 14.7. The minimum atomic E-state index is -0.0439. The highest BCUT2D eigenvalue weighted by molar-refractivity contribution is 7.00. The molecule has 0 radical (unpaired) electrons. The van der Waals surface area contributed by atoms with E-state index in [9.17, 15) is 0 Å². The standard InChI is InChI=1S/C62H49BN2/c1-61(2,3)38-32-34-52-50(36-38)63-51-37-39(62(4,5)6)33-35-53(51)65(55-29-16-27-49-45-21-10-8-19-41(45)43-23-12-14-25-47(43)59(49)55)57-31-17-30-56(60(57)63)64(52)54-28-15-26-48-44-20-9-7-18-40(44)42-22-11-13-24-46(42)58(48)54/h7-37H,1-6H3. The Balaban J connectivity index is 1.18. The van der Waals surface area contributed by atoms with Crippen LogP contribution in [0.25, 0.3) is 64.6 Å². The summed E-state index contributed by atoms with van der Waals surface area (Å²) in [5.41, 5.74) is 14.0. The summed E-state index contributed by atoms with van der Waals surface area (Å²) in [7, 11) is 0. The Hall–Kier alpha value is -7.36. The summed E-state index contributed by atoms with van der Waals surface area (Å²) in [5, 5.41) is 15.3. The van der Waals surface area contributed by atoms with Crippen LogP contribution in [0.4, 0.5) is 34.1 Å². The first-order valence-electron chi connectivity index (χ1n) is 23.2. The van der Waals surface area contributed by atoms with Crippen LogP contribution in [0.2, 0.25) is 0 Å². The van der Waals surface area contributed by atoms with Gasteiger partial charge in [-0.25, -0.2) is 0 Å². The Morgan fingerprint density at radius 2 is 0.585 bits per heavy atom. The maximum atomic E-state index is 2.61. The van der Waals surface area contributed by atoms with Crippen molar-refractivity contribution in [3.05, 3.63) is 199 Å². The molecule has 0 unspecified atom stereocenters. The van der Waals surface area contributed by atoms with Crippen LogP contribution in [0.1, 0.15) is 52.7 Å². The van der Waals surface area contributed by atoms with Gasteiger partial charge in [0.2, 0.25) is 0 Å². The van der Waals surface area contributed by atoms with Crippen LogP contribution in [0.3, 0.4) is 0 Å². The molecule has 2 heterocycles. The van der Waals surface area contributed by atoms with E-state index in [1.54, 1.807) is 0 Å². The maximum Gasteiger partial charge on any atom is 0.252 e. The molecule has 0 saturated carbocycles. The van der Waals surface area contributed by atoms with E-state index in [2.05, 4.69) is 239 Å². The summed E-state index contributed by atoms with van der Waals surface area (Å²) in [4.78, 5) is 5.23. The van der Waals surface area contributed by atoms with Gasteiger partial charge in [-0.05, 0) is 129 Å². The van der Waals surface area contributed by atoms with Gasteiger partial charge in [0.15, 0.2) is 0 Å². The third-order valence-corrected chi connectivity index (χ3v) is 14.7. The molecule has 0 amide bonds. The van der Waals surface area contributed by atoms with Gasteiger partial charge in [-0.2, -0.15) is 0 Å². The van der Waals surface area contributed by atoms with Gasteiger partial charge in [0.05, 0.1) is 11.4 Å². The first-order valence-corrected chi connectivity index (χ1v) is 23.2. The molecule has 2 nitrogen and oxygen atoms in total. The van der Waals surface area contributed by atoms with E-state index < -0.39 is 0 Å². The Bertz CT molecular complexity index is 3490. The minimum Gasteiger partial charge on any atom is -0.311 e. The van der Waals surface area contributed by atoms with Crippen molar-refractivity contribution in [2.24, 2.45) is 0 Å². The molecule has 0 N–H and O–H groups in total. The van der Waals surface area contributed by atoms with Gasteiger partial charge in [-0.1, -0.05) is 193 Å². The Labute approximate surface area is 381 Å². The average molecular weight is 833 g/mol. The Kier molecular flexibility index (Phi) is 7.97. The van der Waals surface area contributed by atoms with Crippen LogP contribution < -0.4 is 26.2 Å². The molecule has 65 heavy (non-hydrogen) atoms. The van der Waals surface area contributed by atoms with Crippen LogP contribution in [0, 0.1) is 0 Å². The van der Waals surface area contributed by atoms with Crippen LogP contribution >= 0.6 is 0 Å². The number of hydrogen-bond acceptors (Lipinski definition) is 2. The van der Waals surface area contributed by atoms with Gasteiger partial charge >= 0.3 is 0 Å². The zero-order chi connectivity index (χ0) is 43.9. The first kappa shape index (κ1) is 38.1. The maximum absolute atomic E-state index is 2.61. The zero-order valence-electron chi connectivity index (χ0n) is 37.9. The molecule has 310 valence electrons. The average Bonchev–Trinajstić information content (AvgIpc) is 3.33. The highest BCUT2D eigenvalue weighted by Gasteiger charge is 2.44. The van der Waals surface area contributed by atoms with Gasteiger partial charge < -0.3 is 9.80 Å². The SMILES string of the molecule is CC(C)(C)c1ccc2c(c1)B1c3cc(C(C)(C)C)ccc3N(c3cccc4c5ccccc5c5ccccc5c34)c3cccc(c31)N2c1cccc2c3ccccc3c3ccccc3c12. The fraction of sp³-hybridized carbons (Fsp3) is 0.129. The van der Waals surface area contributed by atoms with Crippen molar-refractivity contribution in [2.75, 3.05) is 9.80 Å². The molecule has 11 aromatic carbocycles. The second kappa shape index (κ2) is 13.6. The molecular formula is C62H49BN2. The fourth-order valence-electron chi connectivity index (χ4n) is 11.6. The molecule has 0 atom stereocenters. The number of fused-ring (bicyclic) bond motifs is 16. The summed E-state index contributed by atoms with van der Waals surface area (Å²) >= 11 is 0. The minimum absolute atomic E-state index is 0.00315. The second-order valence-electron chi connectivity index (χ2n) is 20.4.